The Bertz CT molecular complexity index is 1000. The van der Waals surface area contributed by atoms with Gasteiger partial charge in [-0.25, -0.2) is 4.98 Å². The molecule has 2 heteroatoms. The lowest BCUT2D eigenvalue weighted by atomic mass is 9.99. The summed E-state index contributed by atoms with van der Waals surface area (Å²) in [6.45, 7) is 2.16. The van der Waals surface area contributed by atoms with Crippen LogP contribution < -0.4 is 4.74 Å². The largest absolute Gasteiger partial charge is 0.497 e. The molecule has 0 unspecified atom stereocenters. The van der Waals surface area contributed by atoms with E-state index in [4.69, 9.17) is 9.72 Å². The monoisotopic (exact) mass is 299 g/mol. The lowest BCUT2D eigenvalue weighted by Gasteiger charge is -2.10. The number of aromatic nitrogens is 1. The third kappa shape index (κ3) is 2.33. The third-order valence-corrected chi connectivity index (χ3v) is 4.28. The van der Waals surface area contributed by atoms with Gasteiger partial charge in [0.05, 0.1) is 18.3 Å². The predicted octanol–water partition coefficient (Wildman–Crippen LogP) is 5.37. The Kier molecular flexibility index (Phi) is 3.23. The number of aryl methyl sites for hydroxylation is 1. The van der Waals surface area contributed by atoms with E-state index < -0.39 is 0 Å². The van der Waals surface area contributed by atoms with Crippen LogP contribution in [-0.2, 0) is 0 Å². The molecule has 0 saturated heterocycles. The first-order valence-electron chi connectivity index (χ1n) is 7.70. The van der Waals surface area contributed by atoms with Gasteiger partial charge in [0.1, 0.15) is 5.75 Å². The molecule has 3 aromatic carbocycles. The van der Waals surface area contributed by atoms with Crippen LogP contribution in [0.2, 0.25) is 0 Å². The highest BCUT2D eigenvalue weighted by atomic mass is 16.5. The number of ether oxygens (including phenoxy) is 1. The molecule has 0 radical (unpaired) electrons. The van der Waals surface area contributed by atoms with Gasteiger partial charge < -0.3 is 4.74 Å². The van der Waals surface area contributed by atoms with E-state index in [1.165, 1.54) is 21.7 Å². The fraction of sp³-hybridized carbons (Fsp3) is 0.0952. The molecule has 0 aliphatic carbocycles. The van der Waals surface area contributed by atoms with E-state index in [0.717, 1.165) is 22.5 Å². The Morgan fingerprint density at radius 3 is 2.43 bits per heavy atom. The molecule has 0 amide bonds. The van der Waals surface area contributed by atoms with Gasteiger partial charge in [-0.2, -0.15) is 0 Å². The van der Waals surface area contributed by atoms with Crippen LogP contribution in [0.5, 0.6) is 5.75 Å². The second-order valence-electron chi connectivity index (χ2n) is 5.73. The van der Waals surface area contributed by atoms with E-state index in [1.807, 2.05) is 24.3 Å². The zero-order valence-corrected chi connectivity index (χ0v) is 13.2. The molecule has 0 bridgehead atoms. The van der Waals surface area contributed by atoms with Crippen molar-refractivity contribution < 1.29 is 4.74 Å². The number of fused-ring (bicyclic) bond motifs is 3. The maximum Gasteiger partial charge on any atom is 0.118 e. The van der Waals surface area contributed by atoms with Crippen LogP contribution in [-0.4, -0.2) is 12.1 Å². The minimum atomic E-state index is 0.859. The van der Waals surface area contributed by atoms with Gasteiger partial charge in [0.2, 0.25) is 0 Å². The molecule has 0 aliphatic heterocycles. The van der Waals surface area contributed by atoms with Gasteiger partial charge in [-0.1, -0.05) is 30.3 Å². The summed E-state index contributed by atoms with van der Waals surface area (Å²) in [5.41, 5.74) is 4.38. The van der Waals surface area contributed by atoms with Crippen molar-refractivity contribution in [2.75, 3.05) is 7.11 Å². The summed E-state index contributed by atoms with van der Waals surface area (Å²) in [6, 6.07) is 22.9. The van der Waals surface area contributed by atoms with Gasteiger partial charge in [-0.15, -0.1) is 0 Å². The SMILES string of the molecule is COc1ccc(-c2cc(C)c3c(ccc4ccccc43)n2)cc1. The van der Waals surface area contributed by atoms with Crippen LogP contribution in [0.3, 0.4) is 0 Å². The van der Waals surface area contributed by atoms with E-state index in [-0.39, 0.29) is 0 Å². The molecular formula is C21H17NO. The quantitative estimate of drug-likeness (QED) is 0.464. The number of hydrogen-bond donors (Lipinski definition) is 0. The first kappa shape index (κ1) is 13.8. The molecule has 1 aromatic heterocycles. The summed E-state index contributed by atoms with van der Waals surface area (Å²) in [6.07, 6.45) is 0. The highest BCUT2D eigenvalue weighted by Gasteiger charge is 2.08. The highest BCUT2D eigenvalue weighted by Crippen LogP contribution is 2.30. The van der Waals surface area contributed by atoms with Crippen molar-refractivity contribution >= 4 is 21.7 Å². The molecule has 0 atom stereocenters. The summed E-state index contributed by atoms with van der Waals surface area (Å²) in [4.78, 5) is 4.87. The van der Waals surface area contributed by atoms with Crippen LogP contribution in [0, 0.1) is 6.92 Å². The van der Waals surface area contributed by atoms with Gasteiger partial charge >= 0.3 is 0 Å². The molecule has 4 aromatic rings. The lowest BCUT2D eigenvalue weighted by Crippen LogP contribution is -1.90. The van der Waals surface area contributed by atoms with Crippen molar-refractivity contribution in [3.63, 3.8) is 0 Å². The minimum Gasteiger partial charge on any atom is -0.497 e. The van der Waals surface area contributed by atoms with E-state index >= 15 is 0 Å². The predicted molar refractivity (Wildman–Crippen MR) is 96.0 cm³/mol. The van der Waals surface area contributed by atoms with Gasteiger partial charge in [0.15, 0.2) is 0 Å². The van der Waals surface area contributed by atoms with Crippen molar-refractivity contribution in [1.29, 1.82) is 0 Å². The van der Waals surface area contributed by atoms with E-state index in [9.17, 15) is 0 Å². The number of hydrogen-bond acceptors (Lipinski definition) is 2. The molecule has 2 nitrogen and oxygen atoms in total. The topological polar surface area (TPSA) is 22.1 Å². The van der Waals surface area contributed by atoms with Crippen LogP contribution in [0.1, 0.15) is 5.56 Å². The molecular weight excluding hydrogens is 282 g/mol. The number of pyridine rings is 1. The third-order valence-electron chi connectivity index (χ3n) is 4.28. The molecule has 1 heterocycles. The summed E-state index contributed by atoms with van der Waals surface area (Å²) < 4.78 is 5.23. The minimum absolute atomic E-state index is 0.859. The summed E-state index contributed by atoms with van der Waals surface area (Å²) in [5, 5.41) is 3.75. The van der Waals surface area contributed by atoms with E-state index in [2.05, 4.69) is 49.4 Å². The smallest absolute Gasteiger partial charge is 0.118 e. The van der Waals surface area contributed by atoms with E-state index in [0.29, 0.717) is 0 Å². The average molecular weight is 299 g/mol. The van der Waals surface area contributed by atoms with Crippen molar-refractivity contribution in [1.82, 2.24) is 4.98 Å². The Hall–Kier alpha value is -2.87. The fourth-order valence-corrected chi connectivity index (χ4v) is 3.12. The molecule has 23 heavy (non-hydrogen) atoms. The number of methoxy groups -OCH3 is 1. The second kappa shape index (κ2) is 5.40. The lowest BCUT2D eigenvalue weighted by molar-refractivity contribution is 0.415. The summed E-state index contributed by atoms with van der Waals surface area (Å²) in [5.74, 6) is 0.859. The van der Waals surface area contributed by atoms with Gasteiger partial charge in [-0.05, 0) is 59.7 Å². The zero-order valence-electron chi connectivity index (χ0n) is 13.2. The van der Waals surface area contributed by atoms with Gasteiger partial charge in [-0.3, -0.25) is 0 Å². The molecule has 0 fully saturated rings. The van der Waals surface area contributed by atoms with E-state index in [1.54, 1.807) is 7.11 Å². The number of rotatable bonds is 2. The summed E-state index contributed by atoms with van der Waals surface area (Å²) >= 11 is 0. The maximum atomic E-state index is 5.23. The fourth-order valence-electron chi connectivity index (χ4n) is 3.12. The number of benzene rings is 3. The molecule has 112 valence electrons. The van der Waals surface area contributed by atoms with Gasteiger partial charge in [0, 0.05) is 10.9 Å². The van der Waals surface area contributed by atoms with Crippen molar-refractivity contribution in [2.24, 2.45) is 0 Å². The van der Waals surface area contributed by atoms with Crippen LogP contribution >= 0.6 is 0 Å². The van der Waals surface area contributed by atoms with Crippen molar-refractivity contribution in [3.8, 4) is 17.0 Å². The number of nitrogens with zero attached hydrogens (tertiary/aromatic N) is 1. The first-order valence-corrected chi connectivity index (χ1v) is 7.70. The Morgan fingerprint density at radius 1 is 0.870 bits per heavy atom. The van der Waals surface area contributed by atoms with Crippen molar-refractivity contribution in [2.45, 2.75) is 6.92 Å². The standard InChI is InChI=1S/C21H17NO/c1-14-13-20(16-7-10-17(23-2)11-8-16)22-19-12-9-15-5-3-4-6-18(15)21(14)19/h3-13H,1-2H3. The Labute approximate surface area is 135 Å². The maximum absolute atomic E-state index is 5.23. The Balaban J connectivity index is 1.94. The summed E-state index contributed by atoms with van der Waals surface area (Å²) in [7, 11) is 1.68. The molecule has 4 rings (SSSR count). The molecule has 0 saturated carbocycles. The zero-order chi connectivity index (χ0) is 15.8. The second-order valence-corrected chi connectivity index (χ2v) is 5.73. The van der Waals surface area contributed by atoms with Crippen LogP contribution in [0.15, 0.2) is 66.7 Å². The molecule has 0 spiro atoms. The van der Waals surface area contributed by atoms with Crippen molar-refractivity contribution in [3.05, 3.63) is 72.3 Å². The van der Waals surface area contributed by atoms with Crippen LogP contribution in [0.25, 0.3) is 32.9 Å². The first-order chi connectivity index (χ1) is 11.3. The van der Waals surface area contributed by atoms with Gasteiger partial charge in [0.25, 0.3) is 0 Å². The van der Waals surface area contributed by atoms with Crippen LogP contribution in [0.4, 0.5) is 0 Å². The Morgan fingerprint density at radius 2 is 1.65 bits per heavy atom. The normalized spacial score (nSPS) is 11.0. The average Bonchev–Trinajstić information content (AvgIpc) is 2.61. The highest BCUT2D eigenvalue weighted by molar-refractivity contribution is 6.08. The molecule has 0 aliphatic rings. The molecule has 0 N–H and O–H groups in total.